The van der Waals surface area contributed by atoms with Gasteiger partial charge in [0.2, 0.25) is 0 Å². The Morgan fingerprint density at radius 2 is 1.89 bits per heavy atom. The Bertz CT molecular complexity index is 505. The highest BCUT2D eigenvalue weighted by molar-refractivity contribution is 7.98. The van der Waals surface area contributed by atoms with E-state index >= 15 is 0 Å². The monoisotopic (exact) mass is 263 g/mol. The van der Waals surface area contributed by atoms with Crippen molar-refractivity contribution in [3.63, 3.8) is 0 Å². The quantitative estimate of drug-likeness (QED) is 0.642. The van der Waals surface area contributed by atoms with E-state index < -0.39 is 7.12 Å². The molecule has 0 aliphatic carbocycles. The lowest BCUT2D eigenvalue weighted by atomic mass is 9.80. The van der Waals surface area contributed by atoms with E-state index in [1.807, 2.05) is 26.0 Å². The van der Waals surface area contributed by atoms with Gasteiger partial charge in [0.25, 0.3) is 5.22 Å². The van der Waals surface area contributed by atoms with Gasteiger partial charge >= 0.3 is 7.12 Å². The van der Waals surface area contributed by atoms with E-state index in [4.69, 9.17) is 14.5 Å². The van der Waals surface area contributed by atoms with Crippen molar-refractivity contribution in [2.75, 3.05) is 0 Å². The summed E-state index contributed by atoms with van der Waals surface area (Å²) in [5.74, 6) is 1.58. The molecule has 6 heteroatoms. The first-order chi connectivity index (χ1) is 8.56. The third kappa shape index (κ3) is 3.16. The molecule has 0 fully saturated rings. The summed E-state index contributed by atoms with van der Waals surface area (Å²) in [7, 11) is -1.41. The van der Waals surface area contributed by atoms with Gasteiger partial charge in [0.15, 0.2) is 0 Å². The average molecular weight is 263 g/mol. The van der Waals surface area contributed by atoms with Crippen molar-refractivity contribution in [2.24, 2.45) is 0 Å². The first kappa shape index (κ1) is 13.2. The fourth-order valence-corrected chi connectivity index (χ4v) is 2.30. The minimum Gasteiger partial charge on any atom is -0.437 e. The maximum atomic E-state index is 8.98. The lowest BCUT2D eigenvalue weighted by Crippen LogP contribution is -2.29. The molecule has 18 heavy (non-hydrogen) atoms. The summed E-state index contributed by atoms with van der Waals surface area (Å²) in [4.78, 5) is 4.29. The molecule has 0 aliphatic rings. The van der Waals surface area contributed by atoms with Gasteiger partial charge in [0.1, 0.15) is 5.76 Å². The molecule has 0 saturated carbocycles. The van der Waals surface area contributed by atoms with Gasteiger partial charge in [-0.2, -0.15) is 0 Å². The third-order valence-corrected chi connectivity index (χ3v) is 3.55. The SMILES string of the molecule is Cc1nc(SCc2ccc(B(O)O)cc2)oc1C. The zero-order valence-electron chi connectivity index (χ0n) is 10.3. The highest BCUT2D eigenvalue weighted by atomic mass is 32.2. The predicted octanol–water partition coefficient (Wildman–Crippen LogP) is 1.26. The molecular weight excluding hydrogens is 249 g/mol. The van der Waals surface area contributed by atoms with Crippen molar-refractivity contribution in [1.29, 1.82) is 0 Å². The molecule has 0 saturated heterocycles. The Morgan fingerprint density at radius 3 is 2.39 bits per heavy atom. The molecule has 2 aromatic rings. The van der Waals surface area contributed by atoms with Crippen LogP contribution in [0.25, 0.3) is 0 Å². The Balaban J connectivity index is 1.97. The van der Waals surface area contributed by atoms with Crippen LogP contribution in [0, 0.1) is 13.8 Å². The average Bonchev–Trinajstić information content (AvgIpc) is 2.67. The van der Waals surface area contributed by atoms with Crippen LogP contribution < -0.4 is 5.46 Å². The number of oxazole rings is 1. The number of aromatic nitrogens is 1. The molecule has 0 spiro atoms. The zero-order chi connectivity index (χ0) is 13.1. The molecule has 0 unspecified atom stereocenters. The number of aryl methyl sites for hydroxylation is 2. The van der Waals surface area contributed by atoms with E-state index in [2.05, 4.69) is 4.98 Å². The molecule has 1 aromatic heterocycles. The maximum Gasteiger partial charge on any atom is 0.488 e. The number of hydrogen-bond donors (Lipinski definition) is 2. The number of thioether (sulfide) groups is 1. The van der Waals surface area contributed by atoms with E-state index in [1.54, 1.807) is 12.1 Å². The van der Waals surface area contributed by atoms with E-state index in [-0.39, 0.29) is 0 Å². The molecule has 0 radical (unpaired) electrons. The molecule has 0 atom stereocenters. The molecule has 0 amide bonds. The van der Waals surface area contributed by atoms with Crippen LogP contribution in [0.1, 0.15) is 17.0 Å². The van der Waals surface area contributed by atoms with Crippen molar-refractivity contribution < 1.29 is 14.5 Å². The van der Waals surface area contributed by atoms with Gasteiger partial charge in [-0.1, -0.05) is 36.0 Å². The number of benzene rings is 1. The highest BCUT2D eigenvalue weighted by Crippen LogP contribution is 2.23. The van der Waals surface area contributed by atoms with Gasteiger partial charge in [-0.25, -0.2) is 4.98 Å². The minimum atomic E-state index is -1.41. The lowest BCUT2D eigenvalue weighted by Gasteiger charge is -2.01. The Hall–Kier alpha value is -1.24. The molecule has 1 aromatic carbocycles. The van der Waals surface area contributed by atoms with Crippen molar-refractivity contribution >= 4 is 24.3 Å². The first-order valence-corrected chi connectivity index (χ1v) is 6.56. The number of hydrogen-bond acceptors (Lipinski definition) is 5. The van der Waals surface area contributed by atoms with Crippen LogP contribution in [0.15, 0.2) is 33.9 Å². The molecule has 94 valence electrons. The number of nitrogens with zero attached hydrogens (tertiary/aromatic N) is 1. The van der Waals surface area contributed by atoms with Crippen molar-refractivity contribution in [3.05, 3.63) is 41.3 Å². The van der Waals surface area contributed by atoms with Gasteiger partial charge in [-0.3, -0.25) is 0 Å². The fraction of sp³-hybridized carbons (Fsp3) is 0.250. The van der Waals surface area contributed by atoms with Crippen molar-refractivity contribution in [3.8, 4) is 0 Å². The summed E-state index contributed by atoms with van der Waals surface area (Å²) in [6, 6.07) is 7.13. The van der Waals surface area contributed by atoms with Gasteiger partial charge in [-0.05, 0) is 24.9 Å². The summed E-state index contributed by atoms with van der Waals surface area (Å²) < 4.78 is 5.47. The molecule has 4 nitrogen and oxygen atoms in total. The Labute approximate surface area is 110 Å². The standard InChI is InChI=1S/C12H14BNO3S/c1-8-9(2)17-12(14-8)18-7-10-3-5-11(6-4-10)13(15)16/h3-6,15-16H,7H2,1-2H3. The van der Waals surface area contributed by atoms with Crippen LogP contribution in [0.5, 0.6) is 0 Å². The molecule has 1 heterocycles. The Morgan fingerprint density at radius 1 is 1.22 bits per heavy atom. The summed E-state index contributed by atoms with van der Waals surface area (Å²) in [6.07, 6.45) is 0. The highest BCUT2D eigenvalue weighted by Gasteiger charge is 2.10. The summed E-state index contributed by atoms with van der Waals surface area (Å²) in [5.41, 5.74) is 2.49. The lowest BCUT2D eigenvalue weighted by molar-refractivity contribution is 0.425. The summed E-state index contributed by atoms with van der Waals surface area (Å²) >= 11 is 1.52. The van der Waals surface area contributed by atoms with Gasteiger partial charge < -0.3 is 14.5 Å². The van der Waals surface area contributed by atoms with Crippen LogP contribution in [-0.4, -0.2) is 22.2 Å². The normalized spacial score (nSPS) is 10.7. The Kier molecular flexibility index (Phi) is 4.11. The molecule has 0 aliphatic heterocycles. The largest absolute Gasteiger partial charge is 0.488 e. The van der Waals surface area contributed by atoms with Crippen molar-refractivity contribution in [2.45, 2.75) is 24.8 Å². The molecule has 0 bridgehead atoms. The van der Waals surface area contributed by atoms with E-state index in [0.29, 0.717) is 10.7 Å². The molecule has 2 rings (SSSR count). The minimum absolute atomic E-state index is 0.492. The van der Waals surface area contributed by atoms with Crippen LogP contribution >= 0.6 is 11.8 Å². The molecule has 2 N–H and O–H groups in total. The first-order valence-electron chi connectivity index (χ1n) is 5.58. The van der Waals surface area contributed by atoms with Gasteiger partial charge in [-0.15, -0.1) is 0 Å². The van der Waals surface area contributed by atoms with Crippen LogP contribution in [-0.2, 0) is 5.75 Å². The van der Waals surface area contributed by atoms with Gasteiger partial charge in [0, 0.05) is 5.75 Å². The van der Waals surface area contributed by atoms with E-state index in [1.165, 1.54) is 11.8 Å². The number of rotatable bonds is 4. The zero-order valence-corrected chi connectivity index (χ0v) is 11.1. The van der Waals surface area contributed by atoms with E-state index in [0.717, 1.165) is 22.8 Å². The third-order valence-electron chi connectivity index (χ3n) is 2.65. The second-order valence-electron chi connectivity index (χ2n) is 4.03. The van der Waals surface area contributed by atoms with Crippen molar-refractivity contribution in [1.82, 2.24) is 4.98 Å². The second-order valence-corrected chi connectivity index (χ2v) is 4.95. The van der Waals surface area contributed by atoms with Gasteiger partial charge in [0.05, 0.1) is 5.69 Å². The fourth-order valence-electron chi connectivity index (χ4n) is 1.44. The van der Waals surface area contributed by atoms with Crippen LogP contribution in [0.3, 0.4) is 0 Å². The summed E-state index contributed by atoms with van der Waals surface area (Å²) in [6.45, 7) is 3.81. The molecular formula is C12H14BNO3S. The van der Waals surface area contributed by atoms with Crippen LogP contribution in [0.2, 0.25) is 0 Å². The second kappa shape index (κ2) is 5.60. The van der Waals surface area contributed by atoms with Crippen LogP contribution in [0.4, 0.5) is 0 Å². The van der Waals surface area contributed by atoms with E-state index in [9.17, 15) is 0 Å². The maximum absolute atomic E-state index is 8.98. The predicted molar refractivity (Wildman–Crippen MR) is 71.8 cm³/mol. The topological polar surface area (TPSA) is 66.5 Å². The summed E-state index contributed by atoms with van der Waals surface area (Å²) in [5, 5.41) is 18.6. The smallest absolute Gasteiger partial charge is 0.437 e.